The number of thioether (sulfide) groups is 1. The Labute approximate surface area is 158 Å². The maximum atomic E-state index is 12.4. The van der Waals surface area contributed by atoms with E-state index < -0.39 is 0 Å². The van der Waals surface area contributed by atoms with Crippen LogP contribution in [0.25, 0.3) is 0 Å². The molecule has 1 aromatic heterocycles. The zero-order valence-electron chi connectivity index (χ0n) is 14.7. The molecule has 0 saturated carbocycles. The zero-order chi connectivity index (χ0) is 18.2. The van der Waals surface area contributed by atoms with E-state index in [1.165, 1.54) is 4.90 Å². The molecule has 2 aromatic rings. The summed E-state index contributed by atoms with van der Waals surface area (Å²) < 4.78 is 0. The second-order valence-electron chi connectivity index (χ2n) is 6.12. The number of piperazine rings is 1. The molecule has 1 aliphatic rings. The molecule has 0 aliphatic carbocycles. The molecule has 134 valence electrons. The van der Waals surface area contributed by atoms with Crippen molar-refractivity contribution in [3.05, 3.63) is 54.2 Å². The van der Waals surface area contributed by atoms with Crippen LogP contribution >= 0.6 is 11.8 Å². The number of hydrogen-bond donors (Lipinski definition) is 0. The van der Waals surface area contributed by atoms with Gasteiger partial charge >= 0.3 is 0 Å². The normalized spacial score (nSPS) is 14.1. The Hall–Kier alpha value is -2.52. The highest BCUT2D eigenvalue weighted by atomic mass is 32.2. The Morgan fingerprint density at radius 1 is 1.12 bits per heavy atom. The number of benzene rings is 1. The van der Waals surface area contributed by atoms with E-state index in [1.54, 1.807) is 30.1 Å². The fraction of sp³-hybridized carbons (Fsp3) is 0.350. The van der Waals surface area contributed by atoms with Crippen molar-refractivity contribution in [1.82, 2.24) is 9.88 Å². The second kappa shape index (κ2) is 9.25. The van der Waals surface area contributed by atoms with Gasteiger partial charge in [0.15, 0.2) is 0 Å². The van der Waals surface area contributed by atoms with Crippen LogP contribution in [0.2, 0.25) is 0 Å². The molecule has 0 N–H and O–H groups in total. The number of aromatic nitrogens is 1. The SMILES string of the molecule is N#Cc1cccnc1N1CCN(C(=O)CCCSc2ccccc2)CC1. The first-order valence-corrected chi connectivity index (χ1v) is 9.82. The molecule has 1 fully saturated rings. The summed E-state index contributed by atoms with van der Waals surface area (Å²) in [5.41, 5.74) is 0.588. The molecule has 0 bridgehead atoms. The van der Waals surface area contributed by atoms with Crippen LogP contribution < -0.4 is 4.90 Å². The number of rotatable bonds is 6. The van der Waals surface area contributed by atoms with E-state index in [-0.39, 0.29) is 5.91 Å². The van der Waals surface area contributed by atoms with Crippen LogP contribution in [-0.4, -0.2) is 47.7 Å². The molecule has 1 aromatic carbocycles. The van der Waals surface area contributed by atoms with Gasteiger partial charge in [0, 0.05) is 43.7 Å². The average molecular weight is 366 g/mol. The first-order chi connectivity index (χ1) is 12.8. The van der Waals surface area contributed by atoms with Gasteiger partial charge in [-0.25, -0.2) is 4.98 Å². The quantitative estimate of drug-likeness (QED) is 0.580. The predicted octanol–water partition coefficient (Wildman–Crippen LogP) is 3.17. The molecule has 0 spiro atoms. The Morgan fingerprint density at radius 2 is 1.88 bits per heavy atom. The summed E-state index contributed by atoms with van der Waals surface area (Å²) in [5.74, 6) is 1.90. The molecule has 6 heteroatoms. The molecule has 3 rings (SSSR count). The van der Waals surface area contributed by atoms with Crippen molar-refractivity contribution in [2.75, 3.05) is 36.8 Å². The minimum absolute atomic E-state index is 0.222. The maximum absolute atomic E-state index is 12.4. The van der Waals surface area contributed by atoms with Crippen molar-refractivity contribution in [3.63, 3.8) is 0 Å². The van der Waals surface area contributed by atoms with Gasteiger partial charge < -0.3 is 9.80 Å². The number of nitriles is 1. The maximum Gasteiger partial charge on any atom is 0.222 e. The fourth-order valence-corrected chi connectivity index (χ4v) is 3.87. The monoisotopic (exact) mass is 366 g/mol. The lowest BCUT2D eigenvalue weighted by Crippen LogP contribution is -2.49. The van der Waals surface area contributed by atoms with E-state index >= 15 is 0 Å². The van der Waals surface area contributed by atoms with Crippen LogP contribution in [0.1, 0.15) is 18.4 Å². The zero-order valence-corrected chi connectivity index (χ0v) is 15.5. The van der Waals surface area contributed by atoms with Gasteiger partial charge in [0.1, 0.15) is 11.9 Å². The second-order valence-corrected chi connectivity index (χ2v) is 7.29. The van der Waals surface area contributed by atoms with Crippen LogP contribution in [0.4, 0.5) is 5.82 Å². The van der Waals surface area contributed by atoms with Crippen LogP contribution in [0.15, 0.2) is 53.6 Å². The smallest absolute Gasteiger partial charge is 0.222 e. The van der Waals surface area contributed by atoms with Crippen LogP contribution in [0.5, 0.6) is 0 Å². The molecule has 1 amide bonds. The third-order valence-electron chi connectivity index (χ3n) is 4.39. The third-order valence-corrected chi connectivity index (χ3v) is 5.48. The highest BCUT2D eigenvalue weighted by Crippen LogP contribution is 2.20. The third kappa shape index (κ3) is 4.77. The molecule has 5 nitrogen and oxygen atoms in total. The highest BCUT2D eigenvalue weighted by molar-refractivity contribution is 7.99. The summed E-state index contributed by atoms with van der Waals surface area (Å²) in [4.78, 5) is 22.0. The largest absolute Gasteiger partial charge is 0.352 e. The lowest BCUT2D eigenvalue weighted by atomic mass is 10.2. The molecule has 0 atom stereocenters. The van der Waals surface area contributed by atoms with E-state index in [0.717, 1.165) is 31.1 Å². The lowest BCUT2D eigenvalue weighted by molar-refractivity contribution is -0.131. The molecule has 0 radical (unpaired) electrons. The summed E-state index contributed by atoms with van der Waals surface area (Å²) in [7, 11) is 0. The number of nitrogens with zero attached hydrogens (tertiary/aromatic N) is 4. The van der Waals surface area contributed by atoms with Crippen molar-refractivity contribution in [1.29, 1.82) is 5.26 Å². The Bertz CT molecular complexity index is 767. The molecule has 1 aliphatic heterocycles. The molecule has 0 unspecified atom stereocenters. The number of carbonyl (C=O) groups excluding carboxylic acids is 1. The van der Waals surface area contributed by atoms with Gasteiger partial charge in [0.25, 0.3) is 0 Å². The van der Waals surface area contributed by atoms with Crippen LogP contribution in [-0.2, 0) is 4.79 Å². The number of anilines is 1. The van der Waals surface area contributed by atoms with Crippen molar-refractivity contribution >= 4 is 23.5 Å². The average Bonchev–Trinajstić information content (AvgIpc) is 2.72. The molecule has 26 heavy (non-hydrogen) atoms. The number of hydrogen-bond acceptors (Lipinski definition) is 5. The Morgan fingerprint density at radius 3 is 2.62 bits per heavy atom. The first-order valence-electron chi connectivity index (χ1n) is 8.83. The highest BCUT2D eigenvalue weighted by Gasteiger charge is 2.22. The van der Waals surface area contributed by atoms with Gasteiger partial charge in [-0.2, -0.15) is 5.26 Å². The minimum Gasteiger partial charge on any atom is -0.352 e. The van der Waals surface area contributed by atoms with Gasteiger partial charge in [0.05, 0.1) is 5.56 Å². The van der Waals surface area contributed by atoms with Crippen molar-refractivity contribution in [3.8, 4) is 6.07 Å². The summed E-state index contributed by atoms with van der Waals surface area (Å²) >= 11 is 1.79. The summed E-state index contributed by atoms with van der Waals surface area (Å²) in [6.45, 7) is 2.81. The molecular formula is C20H22N4OS. The van der Waals surface area contributed by atoms with Crippen LogP contribution in [0, 0.1) is 11.3 Å². The fourth-order valence-electron chi connectivity index (χ4n) is 2.99. The van der Waals surface area contributed by atoms with E-state index in [9.17, 15) is 10.1 Å². The van der Waals surface area contributed by atoms with Crippen LogP contribution in [0.3, 0.4) is 0 Å². The standard InChI is InChI=1S/C20H22N4OS/c21-16-17-6-4-10-22-20(17)24-13-11-23(12-14-24)19(25)9-5-15-26-18-7-2-1-3-8-18/h1-4,6-8,10H,5,9,11-15H2. The Kier molecular flexibility index (Phi) is 6.50. The minimum atomic E-state index is 0.222. The summed E-state index contributed by atoms with van der Waals surface area (Å²) in [6.07, 6.45) is 3.18. The van der Waals surface area contributed by atoms with Gasteiger partial charge in [-0.15, -0.1) is 11.8 Å². The van der Waals surface area contributed by atoms with Crippen molar-refractivity contribution in [2.45, 2.75) is 17.7 Å². The number of carbonyl (C=O) groups is 1. The predicted molar refractivity (Wildman–Crippen MR) is 104 cm³/mol. The first kappa shape index (κ1) is 18.3. The van der Waals surface area contributed by atoms with Gasteiger partial charge in [-0.05, 0) is 36.4 Å². The molecular weight excluding hydrogens is 344 g/mol. The summed E-state index contributed by atoms with van der Waals surface area (Å²) in [5, 5.41) is 9.21. The van der Waals surface area contributed by atoms with E-state index in [1.807, 2.05) is 23.1 Å². The topological polar surface area (TPSA) is 60.2 Å². The Balaban J connectivity index is 1.41. The molecule has 2 heterocycles. The number of amides is 1. The van der Waals surface area contributed by atoms with Crippen molar-refractivity contribution < 1.29 is 4.79 Å². The van der Waals surface area contributed by atoms with Gasteiger partial charge in [-0.3, -0.25) is 4.79 Å². The lowest BCUT2D eigenvalue weighted by Gasteiger charge is -2.35. The van der Waals surface area contributed by atoms with Crippen molar-refractivity contribution in [2.24, 2.45) is 0 Å². The molecule has 1 saturated heterocycles. The van der Waals surface area contributed by atoms with Gasteiger partial charge in [-0.1, -0.05) is 18.2 Å². The van der Waals surface area contributed by atoms with Gasteiger partial charge in [0.2, 0.25) is 5.91 Å². The van der Waals surface area contributed by atoms with E-state index in [2.05, 4.69) is 28.1 Å². The van der Waals surface area contributed by atoms with E-state index in [4.69, 9.17) is 0 Å². The summed E-state index contributed by atoms with van der Waals surface area (Å²) in [6, 6.07) is 16.0. The van der Waals surface area contributed by atoms with E-state index in [0.29, 0.717) is 25.1 Å². The number of pyridine rings is 1.